The van der Waals surface area contributed by atoms with E-state index in [1.165, 1.54) is 0 Å². The molecule has 0 saturated carbocycles. The van der Waals surface area contributed by atoms with Crippen LogP contribution in [0.2, 0.25) is 0 Å². The molecule has 0 bridgehead atoms. The lowest BCUT2D eigenvalue weighted by atomic mass is 10.7. The van der Waals surface area contributed by atoms with E-state index in [0.29, 0.717) is 0 Å². The second-order valence-corrected chi connectivity index (χ2v) is 2.96. The topological polar surface area (TPSA) is 69.7 Å². The summed E-state index contributed by atoms with van der Waals surface area (Å²) < 4.78 is 92.3. The summed E-state index contributed by atoms with van der Waals surface area (Å²) in [6, 6.07) is 0. The van der Waals surface area contributed by atoms with Gasteiger partial charge in [0.1, 0.15) is 0 Å². The summed E-state index contributed by atoms with van der Waals surface area (Å²) in [5.74, 6) is -3.34. The van der Waals surface area contributed by atoms with Crippen molar-refractivity contribution in [2.75, 3.05) is 0 Å². The van der Waals surface area contributed by atoms with Crippen LogP contribution < -0.4 is 0 Å². The van der Waals surface area contributed by atoms with Crippen LogP contribution in [0.3, 0.4) is 0 Å². The van der Waals surface area contributed by atoms with Gasteiger partial charge in [-0.05, 0) is 0 Å². The Hall–Kier alpha value is -1.04. The van der Waals surface area contributed by atoms with Gasteiger partial charge in [0, 0.05) is 0 Å². The summed E-state index contributed by atoms with van der Waals surface area (Å²) in [5, 5.41) is 0. The Bertz CT molecular complexity index is 337. The van der Waals surface area contributed by atoms with Gasteiger partial charge in [-0.1, -0.05) is 0 Å². The first kappa shape index (κ1) is 14.0. The van der Waals surface area contributed by atoms with E-state index in [9.17, 15) is 39.6 Å². The number of hydrogen-bond acceptors (Lipinski definition) is 5. The van der Waals surface area contributed by atoms with E-state index >= 15 is 0 Å². The highest BCUT2D eigenvalue weighted by molar-refractivity contribution is 7.82. The van der Waals surface area contributed by atoms with E-state index in [-0.39, 0.29) is 0 Å². The third kappa shape index (κ3) is 6.11. The van der Waals surface area contributed by atoms with E-state index in [4.69, 9.17) is 0 Å². The fourth-order valence-corrected chi connectivity index (χ4v) is 0.818. The normalized spacial score (nSPS) is 13.7. The van der Waals surface area contributed by atoms with Crippen molar-refractivity contribution in [3.05, 3.63) is 0 Å². The molecule has 5 nitrogen and oxygen atoms in total. The highest BCUT2D eigenvalue weighted by Crippen LogP contribution is 2.23. The molecule has 12 heteroatoms. The van der Waals surface area contributed by atoms with Crippen LogP contribution in [0.15, 0.2) is 0 Å². The summed E-state index contributed by atoms with van der Waals surface area (Å²) in [5.41, 5.74) is 0. The van der Waals surface area contributed by atoms with Gasteiger partial charge in [-0.25, -0.2) is 4.79 Å². The Morgan fingerprint density at radius 1 is 1.00 bits per heavy atom. The maximum atomic E-state index is 11.3. The summed E-state index contributed by atoms with van der Waals surface area (Å²) in [6.07, 6.45) is -11.5. The third-order valence-electron chi connectivity index (χ3n) is 0.606. The van der Waals surface area contributed by atoms with Crippen molar-refractivity contribution in [1.29, 1.82) is 0 Å². The molecule has 0 spiro atoms. The zero-order chi connectivity index (χ0) is 12.5. The van der Waals surface area contributed by atoms with Crippen LogP contribution in [-0.2, 0) is 23.6 Å². The maximum absolute atomic E-state index is 11.3. The molecular weight excluding hydrogens is 262 g/mol. The minimum atomic E-state index is -6.12. The van der Waals surface area contributed by atoms with Gasteiger partial charge in [0.15, 0.2) is 0 Å². The predicted molar refractivity (Wildman–Crippen MR) is 28.2 cm³/mol. The Morgan fingerprint density at radius 2 is 1.40 bits per heavy atom. The number of carbonyl (C=O) groups excluding carboxylic acids is 1. The van der Waals surface area contributed by atoms with E-state index in [2.05, 4.69) is 8.37 Å². The van der Waals surface area contributed by atoms with Crippen LogP contribution in [0.5, 0.6) is 0 Å². The second-order valence-electron chi connectivity index (χ2n) is 1.81. The zero-order valence-corrected chi connectivity index (χ0v) is 7.03. The summed E-state index contributed by atoms with van der Waals surface area (Å²) in [7, 11) is -6.12. The second kappa shape index (κ2) is 3.84. The summed E-state index contributed by atoms with van der Waals surface area (Å²) in [6.45, 7) is 0. The molecule has 0 unspecified atom stereocenters. The molecule has 15 heavy (non-hydrogen) atoms. The fourth-order valence-electron chi connectivity index (χ4n) is 0.273. The van der Waals surface area contributed by atoms with Gasteiger partial charge >= 0.3 is 28.9 Å². The zero-order valence-electron chi connectivity index (χ0n) is 6.22. The average molecular weight is 262 g/mol. The highest BCUT2D eigenvalue weighted by Gasteiger charge is 2.47. The van der Waals surface area contributed by atoms with Gasteiger partial charge in [-0.2, -0.15) is 21.6 Å². The van der Waals surface area contributed by atoms with Crippen molar-refractivity contribution < 1.29 is 47.9 Å². The Kier molecular flexibility index (Phi) is 3.58. The van der Waals surface area contributed by atoms with Gasteiger partial charge in [-0.3, -0.25) is 0 Å². The molecule has 0 N–H and O–H groups in total. The highest BCUT2D eigenvalue weighted by atomic mass is 32.3. The molecule has 0 saturated heterocycles. The molecule has 0 heterocycles. The summed E-state index contributed by atoms with van der Waals surface area (Å²) >= 11 is 0. The Morgan fingerprint density at radius 3 is 1.67 bits per heavy atom. The van der Waals surface area contributed by atoms with Gasteiger partial charge in [-0.15, -0.1) is 17.4 Å². The molecule has 0 aliphatic rings. The first-order valence-corrected chi connectivity index (χ1v) is 4.00. The van der Waals surface area contributed by atoms with Crippen molar-refractivity contribution in [1.82, 2.24) is 0 Å². The molecule has 0 aromatic heterocycles. The van der Waals surface area contributed by atoms with E-state index in [1.54, 1.807) is 0 Å². The van der Waals surface area contributed by atoms with Crippen LogP contribution >= 0.6 is 0 Å². The van der Waals surface area contributed by atoms with Crippen LogP contribution in [0, 0.1) is 0 Å². The lowest BCUT2D eigenvalue weighted by Gasteiger charge is -2.08. The number of carbonyl (C=O) groups is 1. The number of hydrogen-bond donors (Lipinski definition) is 0. The molecule has 90 valence electrons. The van der Waals surface area contributed by atoms with Crippen molar-refractivity contribution >= 4 is 16.4 Å². The van der Waals surface area contributed by atoms with Crippen molar-refractivity contribution in [2.24, 2.45) is 0 Å². The number of halogens is 6. The largest absolute Gasteiger partial charge is 0.539 e. The first-order valence-electron chi connectivity index (χ1n) is 2.66. The SMILES string of the molecule is O=C(OS(=O)(=O)OC(F)(F)F)C(F)(F)F. The lowest BCUT2D eigenvalue weighted by Crippen LogP contribution is -2.31. The monoisotopic (exact) mass is 262 g/mol. The quantitative estimate of drug-likeness (QED) is 0.690. The molecule has 0 atom stereocenters. The Balaban J connectivity index is 4.62. The van der Waals surface area contributed by atoms with Crippen LogP contribution in [0.25, 0.3) is 0 Å². The van der Waals surface area contributed by atoms with E-state index in [1.807, 2.05) is 0 Å². The van der Waals surface area contributed by atoms with E-state index < -0.39 is 28.9 Å². The predicted octanol–water partition coefficient (Wildman–Crippen LogP) is 0.873. The third-order valence-corrected chi connectivity index (χ3v) is 1.35. The van der Waals surface area contributed by atoms with Crippen molar-refractivity contribution in [2.45, 2.75) is 12.5 Å². The minimum Gasteiger partial charge on any atom is -0.316 e. The van der Waals surface area contributed by atoms with Crippen molar-refractivity contribution in [3.8, 4) is 0 Å². The standard InChI is InChI=1S/C3F6O5S/c4-2(5,6)1(10)13-15(11,12)14-3(7,8)9. The van der Waals surface area contributed by atoms with Crippen LogP contribution in [0.4, 0.5) is 26.3 Å². The molecule has 0 radical (unpaired) electrons. The Labute approximate surface area is 77.9 Å². The van der Waals surface area contributed by atoms with Crippen LogP contribution in [-0.4, -0.2) is 26.9 Å². The lowest BCUT2D eigenvalue weighted by molar-refractivity contribution is -0.275. The molecule has 0 aromatic carbocycles. The molecule has 0 aliphatic carbocycles. The maximum Gasteiger partial charge on any atom is 0.539 e. The smallest absolute Gasteiger partial charge is 0.316 e. The molecule has 0 amide bonds. The minimum absolute atomic E-state index is 2.12. The van der Waals surface area contributed by atoms with E-state index in [0.717, 1.165) is 0 Å². The van der Waals surface area contributed by atoms with Crippen LogP contribution in [0.1, 0.15) is 0 Å². The number of rotatable bonds is 2. The fraction of sp³-hybridized carbons (Fsp3) is 0.667. The number of alkyl halides is 6. The van der Waals surface area contributed by atoms with Gasteiger partial charge < -0.3 is 4.18 Å². The molecule has 0 aromatic rings. The molecule has 0 aliphatic heterocycles. The first-order chi connectivity index (χ1) is 6.33. The molecule has 0 rings (SSSR count). The molecular formula is C3F6O5S. The van der Waals surface area contributed by atoms with Crippen molar-refractivity contribution in [3.63, 3.8) is 0 Å². The summed E-state index contributed by atoms with van der Waals surface area (Å²) in [4.78, 5) is 9.79. The van der Waals surface area contributed by atoms with Gasteiger partial charge in [0.2, 0.25) is 0 Å². The molecule has 0 fully saturated rings. The average Bonchev–Trinajstić information content (AvgIpc) is 1.76. The van der Waals surface area contributed by atoms with Gasteiger partial charge in [0.05, 0.1) is 0 Å². The van der Waals surface area contributed by atoms with Gasteiger partial charge in [0.25, 0.3) is 0 Å².